The van der Waals surface area contributed by atoms with Gasteiger partial charge in [-0.2, -0.15) is 0 Å². The highest BCUT2D eigenvalue weighted by Gasteiger charge is 2.14. The summed E-state index contributed by atoms with van der Waals surface area (Å²) in [4.78, 5) is 0. The predicted molar refractivity (Wildman–Crippen MR) is 54.9 cm³/mol. The molecule has 0 aromatic heterocycles. The molecule has 1 heterocycles. The van der Waals surface area contributed by atoms with E-state index >= 15 is 0 Å². The maximum atomic E-state index is 5.95. The number of benzene rings is 1. The Labute approximate surface area is 83.1 Å². The summed E-state index contributed by atoms with van der Waals surface area (Å²) in [6, 6.07) is 7.73. The molecule has 1 aromatic rings. The fraction of sp³-hybridized carbons (Fsp3) is 0.273. The molecule has 1 aliphatic rings. The lowest BCUT2D eigenvalue weighted by Gasteiger charge is -2.20. The maximum Gasteiger partial charge on any atom is 0.118 e. The van der Waals surface area contributed by atoms with E-state index in [0.29, 0.717) is 13.2 Å². The number of hydrogen-bond acceptors (Lipinski definition) is 3. The third-order valence-electron chi connectivity index (χ3n) is 2.33. The number of rotatable bonds is 2. The quantitative estimate of drug-likeness (QED) is 0.768. The zero-order valence-corrected chi connectivity index (χ0v) is 8.12. The summed E-state index contributed by atoms with van der Waals surface area (Å²) in [6.45, 7) is 1.33. The average molecular weight is 191 g/mol. The molecule has 3 nitrogen and oxygen atoms in total. The van der Waals surface area contributed by atoms with E-state index < -0.39 is 0 Å². The van der Waals surface area contributed by atoms with Crippen LogP contribution in [-0.2, 0) is 4.74 Å². The van der Waals surface area contributed by atoms with Crippen LogP contribution >= 0.6 is 0 Å². The van der Waals surface area contributed by atoms with E-state index in [0.717, 1.165) is 17.0 Å². The molecule has 0 unspecified atom stereocenters. The summed E-state index contributed by atoms with van der Waals surface area (Å²) < 4.78 is 10.1. The van der Waals surface area contributed by atoms with Gasteiger partial charge >= 0.3 is 0 Å². The zero-order chi connectivity index (χ0) is 9.97. The van der Waals surface area contributed by atoms with Crippen molar-refractivity contribution in [1.29, 1.82) is 0 Å². The lowest BCUT2D eigenvalue weighted by atomic mass is 10.1. The molecule has 0 bridgehead atoms. The van der Waals surface area contributed by atoms with Crippen LogP contribution in [-0.4, -0.2) is 20.3 Å². The molecule has 74 valence electrons. The van der Waals surface area contributed by atoms with Gasteiger partial charge in [-0.3, -0.25) is 0 Å². The second kappa shape index (κ2) is 3.72. The molecule has 0 aliphatic carbocycles. The van der Waals surface area contributed by atoms with Gasteiger partial charge < -0.3 is 15.2 Å². The molecule has 2 N–H and O–H groups in total. The van der Waals surface area contributed by atoms with Crippen LogP contribution in [0.1, 0.15) is 5.56 Å². The summed E-state index contributed by atoms with van der Waals surface area (Å²) in [5.41, 5.74) is 8.99. The third-order valence-corrected chi connectivity index (χ3v) is 2.33. The molecular formula is C11H13NO2. The monoisotopic (exact) mass is 191 g/mol. The van der Waals surface area contributed by atoms with Crippen molar-refractivity contribution < 1.29 is 9.47 Å². The predicted octanol–water partition coefficient (Wildman–Crippen LogP) is 1.40. The van der Waals surface area contributed by atoms with E-state index in [1.165, 1.54) is 5.57 Å². The molecule has 1 fully saturated rings. The molecule has 0 atom stereocenters. The van der Waals surface area contributed by atoms with Gasteiger partial charge in [0.2, 0.25) is 0 Å². The fourth-order valence-electron chi connectivity index (χ4n) is 1.33. The molecule has 1 saturated heterocycles. The average Bonchev–Trinajstić information content (AvgIpc) is 2.15. The fourth-order valence-corrected chi connectivity index (χ4v) is 1.33. The van der Waals surface area contributed by atoms with Crippen molar-refractivity contribution >= 4 is 5.70 Å². The molecule has 2 rings (SSSR count). The Morgan fingerprint density at radius 3 is 2.36 bits per heavy atom. The Balaban J connectivity index is 2.24. The first-order valence-corrected chi connectivity index (χ1v) is 4.51. The minimum absolute atomic E-state index is 0.665. The first-order valence-electron chi connectivity index (χ1n) is 4.51. The summed E-state index contributed by atoms with van der Waals surface area (Å²) >= 11 is 0. The Kier molecular flexibility index (Phi) is 2.41. The SMILES string of the molecule is COc1ccc(C(N)=C2COC2)cc1. The lowest BCUT2D eigenvalue weighted by Crippen LogP contribution is -2.20. The molecule has 1 aliphatic heterocycles. The van der Waals surface area contributed by atoms with Gasteiger partial charge in [-0.25, -0.2) is 0 Å². The van der Waals surface area contributed by atoms with E-state index in [2.05, 4.69) is 0 Å². The summed E-state index contributed by atoms with van der Waals surface area (Å²) in [6.07, 6.45) is 0. The largest absolute Gasteiger partial charge is 0.497 e. The van der Waals surface area contributed by atoms with Crippen molar-refractivity contribution in [2.45, 2.75) is 0 Å². The summed E-state index contributed by atoms with van der Waals surface area (Å²) in [5.74, 6) is 0.844. The van der Waals surface area contributed by atoms with Crippen molar-refractivity contribution in [3.8, 4) is 5.75 Å². The van der Waals surface area contributed by atoms with Crippen LogP contribution in [0.5, 0.6) is 5.75 Å². The van der Waals surface area contributed by atoms with E-state index in [4.69, 9.17) is 15.2 Å². The normalized spacial score (nSPS) is 14.8. The Morgan fingerprint density at radius 1 is 1.29 bits per heavy atom. The number of ether oxygens (including phenoxy) is 2. The van der Waals surface area contributed by atoms with E-state index in [1.54, 1.807) is 7.11 Å². The van der Waals surface area contributed by atoms with E-state index in [-0.39, 0.29) is 0 Å². The Hall–Kier alpha value is -1.48. The molecular weight excluding hydrogens is 178 g/mol. The molecule has 14 heavy (non-hydrogen) atoms. The van der Waals surface area contributed by atoms with Crippen LogP contribution in [0, 0.1) is 0 Å². The molecule has 0 radical (unpaired) electrons. The van der Waals surface area contributed by atoms with Crippen molar-refractivity contribution in [2.24, 2.45) is 5.73 Å². The Bertz CT molecular complexity index is 348. The van der Waals surface area contributed by atoms with E-state index in [9.17, 15) is 0 Å². The number of hydrogen-bond donors (Lipinski definition) is 1. The Morgan fingerprint density at radius 2 is 1.93 bits per heavy atom. The standard InChI is InChI=1S/C11H13NO2/c1-13-10-4-2-8(3-5-10)11(12)9-6-14-7-9/h2-5H,6-7,12H2,1H3. The van der Waals surface area contributed by atoms with Crippen molar-refractivity contribution in [3.63, 3.8) is 0 Å². The minimum atomic E-state index is 0.665. The lowest BCUT2D eigenvalue weighted by molar-refractivity contribution is 0.104. The van der Waals surface area contributed by atoms with Crippen LogP contribution in [0.25, 0.3) is 5.70 Å². The highest BCUT2D eigenvalue weighted by atomic mass is 16.5. The van der Waals surface area contributed by atoms with Gasteiger partial charge in [-0.1, -0.05) is 0 Å². The molecule has 0 spiro atoms. The van der Waals surface area contributed by atoms with E-state index in [1.807, 2.05) is 24.3 Å². The molecule has 0 amide bonds. The van der Waals surface area contributed by atoms with Crippen molar-refractivity contribution in [1.82, 2.24) is 0 Å². The van der Waals surface area contributed by atoms with Crippen LogP contribution in [0.3, 0.4) is 0 Å². The van der Waals surface area contributed by atoms with Crippen LogP contribution in [0.4, 0.5) is 0 Å². The van der Waals surface area contributed by atoms with Gasteiger partial charge in [0, 0.05) is 11.3 Å². The molecule has 3 heteroatoms. The number of nitrogens with two attached hydrogens (primary N) is 1. The highest BCUT2D eigenvalue weighted by Crippen LogP contribution is 2.21. The van der Waals surface area contributed by atoms with Crippen molar-refractivity contribution in [2.75, 3.05) is 20.3 Å². The highest BCUT2D eigenvalue weighted by molar-refractivity contribution is 5.67. The first-order chi connectivity index (χ1) is 6.81. The van der Waals surface area contributed by atoms with Crippen LogP contribution in [0.15, 0.2) is 29.8 Å². The van der Waals surface area contributed by atoms with Crippen molar-refractivity contribution in [3.05, 3.63) is 35.4 Å². The molecule has 0 saturated carbocycles. The van der Waals surface area contributed by atoms with Gasteiger partial charge in [0.15, 0.2) is 0 Å². The topological polar surface area (TPSA) is 44.5 Å². The van der Waals surface area contributed by atoms with Crippen LogP contribution < -0.4 is 10.5 Å². The van der Waals surface area contributed by atoms with Gasteiger partial charge in [0.25, 0.3) is 0 Å². The minimum Gasteiger partial charge on any atom is -0.497 e. The van der Waals surface area contributed by atoms with Gasteiger partial charge in [0.1, 0.15) is 5.75 Å². The summed E-state index contributed by atoms with van der Waals surface area (Å²) in [7, 11) is 1.65. The first kappa shape index (κ1) is 9.09. The van der Waals surface area contributed by atoms with Crippen LogP contribution in [0.2, 0.25) is 0 Å². The van der Waals surface area contributed by atoms with Gasteiger partial charge in [0.05, 0.1) is 20.3 Å². The third kappa shape index (κ3) is 1.59. The van der Waals surface area contributed by atoms with Gasteiger partial charge in [-0.15, -0.1) is 0 Å². The smallest absolute Gasteiger partial charge is 0.118 e. The summed E-state index contributed by atoms with van der Waals surface area (Å²) in [5, 5.41) is 0. The number of methoxy groups -OCH3 is 1. The second-order valence-electron chi connectivity index (χ2n) is 3.24. The zero-order valence-electron chi connectivity index (χ0n) is 8.12. The molecule has 1 aromatic carbocycles. The van der Waals surface area contributed by atoms with Gasteiger partial charge in [-0.05, 0) is 29.8 Å². The second-order valence-corrected chi connectivity index (χ2v) is 3.24. The maximum absolute atomic E-state index is 5.95.